The van der Waals surface area contributed by atoms with E-state index >= 15 is 4.39 Å². The molecule has 0 radical (unpaired) electrons. The Balaban J connectivity index is 1.43. The number of hydrogen-bond donors (Lipinski definition) is 1. The zero-order valence-electron chi connectivity index (χ0n) is 20.8. The molecule has 0 amide bonds. The normalized spacial score (nSPS) is 16.4. The summed E-state index contributed by atoms with van der Waals surface area (Å²) in [5.41, 5.74) is 1.64. The van der Waals surface area contributed by atoms with Crippen LogP contribution in [-0.4, -0.2) is 11.7 Å². The minimum atomic E-state index is -1.11. The lowest BCUT2D eigenvalue weighted by molar-refractivity contribution is 0.192. The van der Waals surface area contributed by atoms with Crippen molar-refractivity contribution < 1.29 is 31.8 Å². The van der Waals surface area contributed by atoms with E-state index in [1.807, 2.05) is 6.08 Å². The molecule has 0 heterocycles. The smallest absolute Gasteiger partial charge is 0.201 e. The molecule has 0 aromatic heterocycles. The number of ether oxygens (including phenoxy) is 1. The van der Waals surface area contributed by atoms with Crippen LogP contribution >= 0.6 is 0 Å². The van der Waals surface area contributed by atoms with E-state index in [9.17, 15) is 22.7 Å². The number of allylic oxidation sites excluding steroid dienone is 2. The standard InChI is InChI=1S/C30H29F5O2/c1-3-37-26-15-14-24(29(34)30(26)35)21-11-13-23(25(31)16-21)19-7-4-18(5-8-19)6-9-20-10-12-22(17(2)36)28(33)27(20)32/h7,10-18,36H,3-6,8-9H2,1-2H3. The molecule has 0 spiro atoms. The molecular formula is C30H29F5O2. The maximum atomic E-state index is 15.0. The first kappa shape index (κ1) is 26.9. The Hall–Kier alpha value is -3.19. The van der Waals surface area contributed by atoms with Gasteiger partial charge in [0.25, 0.3) is 0 Å². The first-order valence-electron chi connectivity index (χ1n) is 12.5. The van der Waals surface area contributed by atoms with Crippen molar-refractivity contribution in [3.63, 3.8) is 0 Å². The zero-order chi connectivity index (χ0) is 26.7. The van der Waals surface area contributed by atoms with Crippen LogP contribution in [0.4, 0.5) is 22.0 Å². The minimum absolute atomic E-state index is 0.0470. The maximum absolute atomic E-state index is 15.0. The summed E-state index contributed by atoms with van der Waals surface area (Å²) in [6.45, 7) is 3.25. The summed E-state index contributed by atoms with van der Waals surface area (Å²) in [4.78, 5) is 0. The van der Waals surface area contributed by atoms with E-state index in [1.54, 1.807) is 19.1 Å². The third-order valence-corrected chi connectivity index (χ3v) is 6.96. The van der Waals surface area contributed by atoms with Crippen molar-refractivity contribution in [1.82, 2.24) is 0 Å². The Labute approximate surface area is 213 Å². The summed E-state index contributed by atoms with van der Waals surface area (Å²) in [6, 6.07) is 9.97. The van der Waals surface area contributed by atoms with Gasteiger partial charge >= 0.3 is 0 Å². The molecule has 2 unspecified atom stereocenters. The number of hydrogen-bond acceptors (Lipinski definition) is 2. The van der Waals surface area contributed by atoms with Crippen LogP contribution in [0.15, 0.2) is 48.5 Å². The molecule has 4 rings (SSSR count). The third kappa shape index (κ3) is 5.72. The van der Waals surface area contributed by atoms with Gasteiger partial charge in [0.1, 0.15) is 5.82 Å². The molecule has 0 fully saturated rings. The van der Waals surface area contributed by atoms with Crippen molar-refractivity contribution >= 4 is 5.57 Å². The van der Waals surface area contributed by atoms with E-state index in [4.69, 9.17) is 4.74 Å². The second-order valence-corrected chi connectivity index (χ2v) is 9.39. The van der Waals surface area contributed by atoms with Gasteiger partial charge in [-0.1, -0.05) is 30.3 Å². The first-order chi connectivity index (χ1) is 17.7. The molecule has 37 heavy (non-hydrogen) atoms. The van der Waals surface area contributed by atoms with Crippen molar-refractivity contribution in [1.29, 1.82) is 0 Å². The minimum Gasteiger partial charge on any atom is -0.491 e. The number of aryl methyl sites for hydroxylation is 1. The SMILES string of the molecule is CCOc1ccc(-c2ccc(C3=CCC(CCc4ccc(C(C)O)c(F)c4F)CC3)c(F)c2)c(F)c1F. The largest absolute Gasteiger partial charge is 0.491 e. The van der Waals surface area contributed by atoms with Gasteiger partial charge in [-0.15, -0.1) is 0 Å². The fourth-order valence-corrected chi connectivity index (χ4v) is 4.84. The fourth-order valence-electron chi connectivity index (χ4n) is 4.84. The lowest BCUT2D eigenvalue weighted by Crippen LogP contribution is -2.09. The summed E-state index contributed by atoms with van der Waals surface area (Å²) in [6.07, 6.45) is 3.94. The van der Waals surface area contributed by atoms with Gasteiger partial charge in [0, 0.05) is 16.7 Å². The van der Waals surface area contributed by atoms with Crippen molar-refractivity contribution in [2.45, 2.75) is 52.1 Å². The molecule has 3 aromatic rings. The van der Waals surface area contributed by atoms with Gasteiger partial charge in [0.05, 0.1) is 12.7 Å². The van der Waals surface area contributed by atoms with Crippen molar-refractivity contribution in [2.24, 2.45) is 5.92 Å². The van der Waals surface area contributed by atoms with E-state index in [0.29, 0.717) is 31.2 Å². The van der Waals surface area contributed by atoms with Gasteiger partial charge in [0.2, 0.25) is 5.82 Å². The highest BCUT2D eigenvalue weighted by molar-refractivity contribution is 5.72. The Morgan fingerprint density at radius 3 is 2.32 bits per heavy atom. The Bertz CT molecular complexity index is 1320. The number of rotatable bonds is 8. The highest BCUT2D eigenvalue weighted by Gasteiger charge is 2.21. The Morgan fingerprint density at radius 1 is 0.919 bits per heavy atom. The lowest BCUT2D eigenvalue weighted by atomic mass is 9.83. The molecule has 0 aliphatic heterocycles. The van der Waals surface area contributed by atoms with E-state index < -0.39 is 35.2 Å². The van der Waals surface area contributed by atoms with Crippen LogP contribution in [0.25, 0.3) is 16.7 Å². The third-order valence-electron chi connectivity index (χ3n) is 6.96. The van der Waals surface area contributed by atoms with Crippen LogP contribution < -0.4 is 4.74 Å². The highest BCUT2D eigenvalue weighted by atomic mass is 19.2. The van der Waals surface area contributed by atoms with Crippen LogP contribution in [0, 0.1) is 35.0 Å². The molecule has 1 aliphatic rings. The predicted octanol–water partition coefficient (Wildman–Crippen LogP) is 8.32. The van der Waals surface area contributed by atoms with Gasteiger partial charge in [-0.3, -0.25) is 0 Å². The fraction of sp³-hybridized carbons (Fsp3) is 0.333. The zero-order valence-corrected chi connectivity index (χ0v) is 20.8. The van der Waals surface area contributed by atoms with E-state index in [0.717, 1.165) is 12.0 Å². The number of aliphatic hydroxyl groups excluding tert-OH is 1. The lowest BCUT2D eigenvalue weighted by Gasteiger charge is -2.23. The highest BCUT2D eigenvalue weighted by Crippen LogP contribution is 2.36. The molecule has 0 bridgehead atoms. The molecular weight excluding hydrogens is 487 g/mol. The molecule has 2 atom stereocenters. The molecule has 3 aromatic carbocycles. The molecule has 2 nitrogen and oxygen atoms in total. The monoisotopic (exact) mass is 516 g/mol. The summed E-state index contributed by atoms with van der Waals surface area (Å²) >= 11 is 0. The molecule has 7 heteroatoms. The van der Waals surface area contributed by atoms with Gasteiger partial charge in [-0.05, 0) is 86.8 Å². The molecule has 1 aliphatic carbocycles. The van der Waals surface area contributed by atoms with Crippen LogP contribution in [-0.2, 0) is 6.42 Å². The maximum Gasteiger partial charge on any atom is 0.201 e. The average molecular weight is 517 g/mol. The Morgan fingerprint density at radius 2 is 1.68 bits per heavy atom. The van der Waals surface area contributed by atoms with Gasteiger partial charge in [-0.2, -0.15) is 4.39 Å². The predicted molar refractivity (Wildman–Crippen MR) is 134 cm³/mol. The van der Waals surface area contributed by atoms with E-state index in [2.05, 4.69) is 0 Å². The topological polar surface area (TPSA) is 29.5 Å². The summed E-state index contributed by atoms with van der Waals surface area (Å²) in [7, 11) is 0. The van der Waals surface area contributed by atoms with Crippen LogP contribution in [0.5, 0.6) is 5.75 Å². The van der Waals surface area contributed by atoms with E-state index in [-0.39, 0.29) is 40.5 Å². The second-order valence-electron chi connectivity index (χ2n) is 9.39. The van der Waals surface area contributed by atoms with Crippen molar-refractivity contribution in [3.05, 3.63) is 94.3 Å². The number of aliphatic hydroxyl groups is 1. The first-order valence-corrected chi connectivity index (χ1v) is 12.5. The quantitative estimate of drug-likeness (QED) is 0.305. The van der Waals surface area contributed by atoms with E-state index in [1.165, 1.54) is 37.3 Å². The van der Waals surface area contributed by atoms with Crippen LogP contribution in [0.3, 0.4) is 0 Å². The summed E-state index contributed by atoms with van der Waals surface area (Å²) in [5.74, 6) is -4.59. The van der Waals surface area contributed by atoms with Crippen molar-refractivity contribution in [3.8, 4) is 16.9 Å². The summed E-state index contributed by atoms with van der Waals surface area (Å²) in [5, 5.41) is 9.54. The molecule has 1 N–H and O–H groups in total. The summed E-state index contributed by atoms with van der Waals surface area (Å²) < 4.78 is 77.4. The van der Waals surface area contributed by atoms with Gasteiger partial charge in [-0.25, -0.2) is 17.6 Å². The molecule has 196 valence electrons. The second kappa shape index (κ2) is 11.5. The van der Waals surface area contributed by atoms with Crippen LogP contribution in [0.1, 0.15) is 62.3 Å². The van der Waals surface area contributed by atoms with Gasteiger partial charge < -0.3 is 9.84 Å². The molecule has 0 saturated heterocycles. The Kier molecular flexibility index (Phi) is 8.32. The average Bonchev–Trinajstić information content (AvgIpc) is 2.88. The molecule has 0 saturated carbocycles. The van der Waals surface area contributed by atoms with Gasteiger partial charge in [0.15, 0.2) is 23.2 Å². The number of benzene rings is 3. The number of halogens is 5. The van der Waals surface area contributed by atoms with Crippen molar-refractivity contribution in [2.75, 3.05) is 6.61 Å². The van der Waals surface area contributed by atoms with Crippen LogP contribution in [0.2, 0.25) is 0 Å².